The molecule has 0 heterocycles. The van der Waals surface area contributed by atoms with Crippen LogP contribution >= 0.6 is 0 Å². The van der Waals surface area contributed by atoms with Crippen LogP contribution < -0.4 is 5.32 Å². The minimum Gasteiger partial charge on any atom is -0.387 e. The summed E-state index contributed by atoms with van der Waals surface area (Å²) in [6.07, 6.45) is 0. The third-order valence-corrected chi connectivity index (χ3v) is 3.30. The molecule has 0 saturated heterocycles. The molecule has 0 aliphatic rings. The Balaban J connectivity index is 3.41. The number of para-hydroxylation sites is 1. The highest BCUT2D eigenvalue weighted by molar-refractivity contribution is 7.92. The standard InChI is InChI=1S/C8H8F3NO2S/c1-12-6-4-2-3-5-7(6)15(13,14)8(9,10)11/h2-5,12H,1H3. The van der Waals surface area contributed by atoms with Gasteiger partial charge in [0, 0.05) is 7.05 Å². The van der Waals surface area contributed by atoms with Gasteiger partial charge in [0.2, 0.25) is 0 Å². The number of nitrogens with one attached hydrogen (secondary N) is 1. The third kappa shape index (κ3) is 2.06. The summed E-state index contributed by atoms with van der Waals surface area (Å²) in [5.74, 6) is 0. The van der Waals surface area contributed by atoms with Gasteiger partial charge in [0.05, 0.1) is 10.6 Å². The highest BCUT2D eigenvalue weighted by Gasteiger charge is 2.47. The summed E-state index contributed by atoms with van der Waals surface area (Å²) in [4.78, 5) is -0.764. The van der Waals surface area contributed by atoms with Crippen LogP contribution in [0.25, 0.3) is 0 Å². The van der Waals surface area contributed by atoms with Crippen LogP contribution in [0.5, 0.6) is 0 Å². The van der Waals surface area contributed by atoms with Crippen LogP contribution in [0.3, 0.4) is 0 Å². The first-order valence-electron chi connectivity index (χ1n) is 3.89. The molecule has 3 nitrogen and oxygen atoms in total. The van der Waals surface area contributed by atoms with Gasteiger partial charge in [-0.3, -0.25) is 0 Å². The van der Waals surface area contributed by atoms with E-state index >= 15 is 0 Å². The zero-order chi connectivity index (χ0) is 11.7. The van der Waals surface area contributed by atoms with Crippen LogP contribution in [-0.4, -0.2) is 21.0 Å². The number of alkyl halides is 3. The maximum atomic E-state index is 12.2. The summed E-state index contributed by atoms with van der Waals surface area (Å²) in [7, 11) is -3.93. The van der Waals surface area contributed by atoms with Crippen molar-refractivity contribution in [2.24, 2.45) is 0 Å². The molecule has 0 aliphatic heterocycles. The molecule has 0 fully saturated rings. The number of sulfone groups is 1. The van der Waals surface area contributed by atoms with Crippen molar-refractivity contribution in [3.8, 4) is 0 Å². The third-order valence-electron chi connectivity index (χ3n) is 1.75. The summed E-state index contributed by atoms with van der Waals surface area (Å²) in [5, 5.41) is 2.39. The molecule has 1 rings (SSSR count). The van der Waals surface area contributed by atoms with Crippen LogP contribution in [0.1, 0.15) is 0 Å². The van der Waals surface area contributed by atoms with Gasteiger partial charge >= 0.3 is 5.51 Å². The Kier molecular flexibility index (Phi) is 2.94. The number of rotatable bonds is 2. The molecule has 0 bridgehead atoms. The summed E-state index contributed by atoms with van der Waals surface area (Å²) >= 11 is 0. The van der Waals surface area contributed by atoms with Crippen molar-refractivity contribution in [2.75, 3.05) is 12.4 Å². The number of anilines is 1. The minimum absolute atomic E-state index is 0.0742. The molecule has 84 valence electrons. The number of hydrogen-bond acceptors (Lipinski definition) is 3. The van der Waals surface area contributed by atoms with Gasteiger partial charge in [0.15, 0.2) is 0 Å². The van der Waals surface area contributed by atoms with E-state index in [9.17, 15) is 21.6 Å². The van der Waals surface area contributed by atoms with Crippen LogP contribution in [0.4, 0.5) is 18.9 Å². The molecule has 0 aliphatic carbocycles. The Hall–Kier alpha value is -1.24. The molecule has 1 N–H and O–H groups in total. The van der Waals surface area contributed by atoms with E-state index in [1.54, 1.807) is 0 Å². The molecule has 1 aromatic rings. The molecule has 0 amide bonds. The zero-order valence-electron chi connectivity index (χ0n) is 7.67. The second-order valence-corrected chi connectivity index (χ2v) is 4.60. The lowest BCUT2D eigenvalue weighted by Crippen LogP contribution is -2.24. The van der Waals surface area contributed by atoms with Crippen LogP contribution in [0.2, 0.25) is 0 Å². The molecule has 0 saturated carbocycles. The molecule has 0 spiro atoms. The zero-order valence-corrected chi connectivity index (χ0v) is 8.48. The normalized spacial score (nSPS) is 12.5. The van der Waals surface area contributed by atoms with Crippen molar-refractivity contribution in [3.05, 3.63) is 24.3 Å². The van der Waals surface area contributed by atoms with Crippen molar-refractivity contribution >= 4 is 15.5 Å². The van der Waals surface area contributed by atoms with Crippen molar-refractivity contribution in [3.63, 3.8) is 0 Å². The van der Waals surface area contributed by atoms with Gasteiger partial charge in [-0.15, -0.1) is 0 Å². The van der Waals surface area contributed by atoms with Crippen molar-refractivity contribution in [1.29, 1.82) is 0 Å². The Bertz CT molecular complexity index is 453. The second-order valence-electron chi connectivity index (χ2n) is 2.70. The molecular weight excluding hydrogens is 231 g/mol. The fraction of sp³-hybridized carbons (Fsp3) is 0.250. The predicted molar refractivity (Wildman–Crippen MR) is 49.2 cm³/mol. The fourth-order valence-corrected chi connectivity index (χ4v) is 2.00. The molecule has 0 radical (unpaired) electrons. The number of hydrogen-bond donors (Lipinski definition) is 1. The SMILES string of the molecule is CNc1ccccc1S(=O)(=O)C(F)(F)F. The van der Waals surface area contributed by atoms with E-state index in [1.807, 2.05) is 0 Å². The van der Waals surface area contributed by atoms with E-state index in [0.29, 0.717) is 0 Å². The monoisotopic (exact) mass is 239 g/mol. The van der Waals surface area contributed by atoms with Crippen LogP contribution in [0.15, 0.2) is 29.2 Å². The quantitative estimate of drug-likeness (QED) is 0.858. The van der Waals surface area contributed by atoms with Crippen LogP contribution in [-0.2, 0) is 9.84 Å². The second kappa shape index (κ2) is 3.73. The van der Waals surface area contributed by atoms with Gasteiger partial charge in [-0.2, -0.15) is 13.2 Å². The van der Waals surface area contributed by atoms with E-state index in [1.165, 1.54) is 25.2 Å². The lowest BCUT2D eigenvalue weighted by Gasteiger charge is -2.11. The van der Waals surface area contributed by atoms with Gasteiger partial charge < -0.3 is 5.32 Å². The molecule has 7 heteroatoms. The molecular formula is C8H8F3NO2S. The predicted octanol–water partition coefficient (Wildman–Crippen LogP) is 2.02. The van der Waals surface area contributed by atoms with Gasteiger partial charge in [-0.1, -0.05) is 12.1 Å². The topological polar surface area (TPSA) is 46.2 Å². The molecule has 0 unspecified atom stereocenters. The van der Waals surface area contributed by atoms with E-state index < -0.39 is 20.2 Å². The highest BCUT2D eigenvalue weighted by atomic mass is 32.2. The largest absolute Gasteiger partial charge is 0.501 e. The number of halogens is 3. The van der Waals surface area contributed by atoms with E-state index in [-0.39, 0.29) is 5.69 Å². The Morgan fingerprint density at radius 1 is 1.20 bits per heavy atom. The fourth-order valence-electron chi connectivity index (χ4n) is 1.03. The molecule has 0 atom stereocenters. The molecule has 15 heavy (non-hydrogen) atoms. The smallest absolute Gasteiger partial charge is 0.387 e. The first kappa shape index (κ1) is 11.8. The minimum atomic E-state index is -5.28. The lowest BCUT2D eigenvalue weighted by molar-refractivity contribution is -0.0435. The van der Waals surface area contributed by atoms with Crippen LogP contribution in [0, 0.1) is 0 Å². The molecule has 1 aromatic carbocycles. The lowest BCUT2D eigenvalue weighted by atomic mass is 10.3. The van der Waals surface area contributed by atoms with Crippen molar-refractivity contribution < 1.29 is 21.6 Å². The van der Waals surface area contributed by atoms with Gasteiger partial charge in [-0.25, -0.2) is 8.42 Å². The van der Waals surface area contributed by atoms with E-state index in [2.05, 4.69) is 5.32 Å². The molecule has 0 aromatic heterocycles. The summed E-state index contributed by atoms with van der Waals surface area (Å²) < 4.78 is 58.8. The first-order valence-corrected chi connectivity index (χ1v) is 5.37. The van der Waals surface area contributed by atoms with Gasteiger partial charge in [0.1, 0.15) is 0 Å². The van der Waals surface area contributed by atoms with E-state index in [0.717, 1.165) is 6.07 Å². The number of benzene rings is 1. The Labute approximate surface area is 84.8 Å². The van der Waals surface area contributed by atoms with Crippen molar-refractivity contribution in [2.45, 2.75) is 10.4 Å². The summed E-state index contributed by atoms with van der Waals surface area (Å²) in [5.41, 5.74) is -5.35. The van der Waals surface area contributed by atoms with Gasteiger partial charge in [-0.05, 0) is 12.1 Å². The Morgan fingerprint density at radius 3 is 2.20 bits per heavy atom. The van der Waals surface area contributed by atoms with Crippen molar-refractivity contribution in [1.82, 2.24) is 0 Å². The summed E-state index contributed by atoms with van der Waals surface area (Å²) in [6.45, 7) is 0. The average molecular weight is 239 g/mol. The summed E-state index contributed by atoms with van der Waals surface area (Å²) in [6, 6.07) is 4.86. The van der Waals surface area contributed by atoms with Gasteiger partial charge in [0.25, 0.3) is 9.84 Å². The maximum Gasteiger partial charge on any atom is 0.501 e. The van der Waals surface area contributed by atoms with E-state index in [4.69, 9.17) is 0 Å². The first-order chi connectivity index (χ1) is 6.80. The Morgan fingerprint density at radius 2 is 1.73 bits per heavy atom. The highest BCUT2D eigenvalue weighted by Crippen LogP contribution is 2.33. The average Bonchev–Trinajstić information content (AvgIpc) is 2.16. The maximum absolute atomic E-state index is 12.2.